The topological polar surface area (TPSA) is 54.0 Å². The van der Waals surface area contributed by atoms with Crippen LogP contribution in [0.1, 0.15) is 32.1 Å². The molecule has 28 heavy (non-hydrogen) atoms. The molecule has 1 amide bonds. The van der Waals surface area contributed by atoms with E-state index in [2.05, 4.69) is 10.2 Å². The number of hydrogen-bond acceptors (Lipinski definition) is 5. The maximum atomic E-state index is 12.2. The van der Waals surface area contributed by atoms with Crippen LogP contribution in [0.5, 0.6) is 5.75 Å². The van der Waals surface area contributed by atoms with Gasteiger partial charge in [0.2, 0.25) is 5.91 Å². The number of hydrogen-bond donors (Lipinski definition) is 1. The Hall–Kier alpha value is -1.50. The first-order valence-electron chi connectivity index (χ1n) is 10.4. The SMILES string of the molecule is Cl.O=C(CNc1ccc(OC2CCN(C3CCC3)CC2)cc1)N1CCOCC1. The first kappa shape index (κ1) is 21.2. The van der Waals surface area contributed by atoms with E-state index in [4.69, 9.17) is 9.47 Å². The quantitative estimate of drug-likeness (QED) is 0.783. The molecule has 7 heteroatoms. The number of morpholine rings is 1. The number of rotatable bonds is 6. The number of ether oxygens (including phenoxy) is 2. The molecule has 3 fully saturated rings. The van der Waals surface area contributed by atoms with Crippen LogP contribution in [-0.2, 0) is 9.53 Å². The van der Waals surface area contributed by atoms with E-state index in [1.54, 1.807) is 0 Å². The monoisotopic (exact) mass is 409 g/mol. The number of anilines is 1. The molecule has 1 N–H and O–H groups in total. The normalized spacial score (nSPS) is 21.5. The maximum absolute atomic E-state index is 12.2. The van der Waals surface area contributed by atoms with E-state index in [-0.39, 0.29) is 18.3 Å². The second kappa shape index (κ2) is 10.3. The highest BCUT2D eigenvalue weighted by atomic mass is 35.5. The van der Waals surface area contributed by atoms with Gasteiger partial charge in [-0.25, -0.2) is 0 Å². The Morgan fingerprint density at radius 2 is 1.71 bits per heavy atom. The average Bonchev–Trinajstić information content (AvgIpc) is 2.68. The minimum atomic E-state index is 0. The van der Waals surface area contributed by atoms with E-state index in [0.29, 0.717) is 39.0 Å². The molecular formula is C21H32ClN3O3. The summed E-state index contributed by atoms with van der Waals surface area (Å²) < 4.78 is 11.5. The van der Waals surface area contributed by atoms with E-state index in [0.717, 1.165) is 30.3 Å². The molecule has 1 saturated carbocycles. The van der Waals surface area contributed by atoms with Crippen LogP contribution in [0.25, 0.3) is 0 Å². The zero-order chi connectivity index (χ0) is 18.5. The van der Waals surface area contributed by atoms with Gasteiger partial charge in [0.25, 0.3) is 0 Å². The summed E-state index contributed by atoms with van der Waals surface area (Å²) in [7, 11) is 0. The van der Waals surface area contributed by atoms with Gasteiger partial charge >= 0.3 is 0 Å². The van der Waals surface area contributed by atoms with Gasteiger partial charge in [0.15, 0.2) is 0 Å². The highest BCUT2D eigenvalue weighted by Crippen LogP contribution is 2.28. The number of halogens is 1. The third-order valence-corrected chi connectivity index (χ3v) is 6.03. The Morgan fingerprint density at radius 1 is 1.04 bits per heavy atom. The summed E-state index contributed by atoms with van der Waals surface area (Å²) in [6.45, 7) is 5.30. The smallest absolute Gasteiger partial charge is 0.242 e. The van der Waals surface area contributed by atoms with Gasteiger partial charge in [0.1, 0.15) is 11.9 Å². The first-order chi connectivity index (χ1) is 13.3. The van der Waals surface area contributed by atoms with Gasteiger partial charge in [-0.3, -0.25) is 4.79 Å². The van der Waals surface area contributed by atoms with Gasteiger partial charge in [-0.1, -0.05) is 6.42 Å². The Kier molecular flexibility index (Phi) is 7.82. The zero-order valence-electron chi connectivity index (χ0n) is 16.5. The van der Waals surface area contributed by atoms with Crippen molar-refractivity contribution < 1.29 is 14.3 Å². The second-order valence-electron chi connectivity index (χ2n) is 7.81. The molecule has 2 saturated heterocycles. The predicted octanol–water partition coefficient (Wildman–Crippen LogP) is 2.77. The van der Waals surface area contributed by atoms with Crippen molar-refractivity contribution in [2.45, 2.75) is 44.2 Å². The van der Waals surface area contributed by atoms with Crippen molar-refractivity contribution in [3.8, 4) is 5.75 Å². The van der Waals surface area contributed by atoms with Gasteiger partial charge in [0, 0.05) is 37.9 Å². The minimum absolute atomic E-state index is 0. The number of amides is 1. The molecule has 0 atom stereocenters. The van der Waals surface area contributed by atoms with E-state index in [1.807, 2.05) is 29.2 Å². The Morgan fingerprint density at radius 3 is 2.32 bits per heavy atom. The molecule has 0 unspecified atom stereocenters. The number of nitrogens with zero attached hydrogens (tertiary/aromatic N) is 2. The van der Waals surface area contributed by atoms with Crippen LogP contribution < -0.4 is 10.1 Å². The Bertz CT molecular complexity index is 610. The van der Waals surface area contributed by atoms with Crippen molar-refractivity contribution in [2.24, 2.45) is 0 Å². The van der Waals surface area contributed by atoms with E-state index < -0.39 is 0 Å². The Balaban J connectivity index is 0.00000225. The van der Waals surface area contributed by atoms with Crippen LogP contribution in [0.4, 0.5) is 5.69 Å². The van der Waals surface area contributed by atoms with Crippen molar-refractivity contribution in [3.63, 3.8) is 0 Å². The second-order valence-corrected chi connectivity index (χ2v) is 7.81. The molecule has 4 rings (SSSR count). The van der Waals surface area contributed by atoms with E-state index in [1.165, 1.54) is 32.4 Å². The lowest BCUT2D eigenvalue weighted by molar-refractivity contribution is -0.133. The van der Waals surface area contributed by atoms with Crippen molar-refractivity contribution in [3.05, 3.63) is 24.3 Å². The lowest BCUT2D eigenvalue weighted by Crippen LogP contribution is -2.46. The number of carbonyl (C=O) groups excluding carboxylic acids is 1. The van der Waals surface area contributed by atoms with E-state index >= 15 is 0 Å². The molecule has 0 spiro atoms. The number of piperidine rings is 1. The molecule has 1 aliphatic carbocycles. The number of carbonyl (C=O) groups is 1. The first-order valence-corrected chi connectivity index (χ1v) is 10.4. The summed E-state index contributed by atoms with van der Waals surface area (Å²) in [6.07, 6.45) is 6.72. The fourth-order valence-electron chi connectivity index (χ4n) is 4.06. The third kappa shape index (κ3) is 5.52. The molecule has 6 nitrogen and oxygen atoms in total. The van der Waals surface area contributed by atoms with Crippen LogP contribution in [0.15, 0.2) is 24.3 Å². The highest BCUT2D eigenvalue weighted by molar-refractivity contribution is 5.85. The molecule has 2 aliphatic heterocycles. The number of nitrogens with one attached hydrogen (secondary N) is 1. The summed E-state index contributed by atoms with van der Waals surface area (Å²) in [5.74, 6) is 1.04. The number of likely N-dealkylation sites (tertiary alicyclic amines) is 1. The van der Waals surface area contributed by atoms with Crippen molar-refractivity contribution in [1.82, 2.24) is 9.80 Å². The maximum Gasteiger partial charge on any atom is 0.242 e. The third-order valence-electron chi connectivity index (χ3n) is 6.03. The minimum Gasteiger partial charge on any atom is -0.490 e. The van der Waals surface area contributed by atoms with Gasteiger partial charge in [-0.15, -0.1) is 12.4 Å². The summed E-state index contributed by atoms with van der Waals surface area (Å²) in [5, 5.41) is 3.21. The van der Waals surface area contributed by atoms with Crippen molar-refractivity contribution >= 4 is 24.0 Å². The van der Waals surface area contributed by atoms with Crippen LogP contribution in [0, 0.1) is 0 Å². The fraction of sp³-hybridized carbons (Fsp3) is 0.667. The molecule has 0 radical (unpaired) electrons. The Labute approximate surface area is 173 Å². The highest BCUT2D eigenvalue weighted by Gasteiger charge is 2.29. The molecule has 0 bridgehead atoms. The summed E-state index contributed by atoms with van der Waals surface area (Å²) >= 11 is 0. The van der Waals surface area contributed by atoms with Crippen molar-refractivity contribution in [1.29, 1.82) is 0 Å². The van der Waals surface area contributed by atoms with Crippen LogP contribution in [0.2, 0.25) is 0 Å². The zero-order valence-corrected chi connectivity index (χ0v) is 17.3. The van der Waals surface area contributed by atoms with Gasteiger partial charge in [0.05, 0.1) is 19.8 Å². The van der Waals surface area contributed by atoms with Gasteiger partial charge < -0.3 is 24.6 Å². The van der Waals surface area contributed by atoms with Crippen LogP contribution >= 0.6 is 12.4 Å². The average molecular weight is 410 g/mol. The molecule has 1 aromatic carbocycles. The number of benzene rings is 1. The standard InChI is InChI=1S/C21H31N3O3.ClH/c25-21(24-12-14-26-15-13-24)16-22-17-4-6-19(7-5-17)27-20-8-10-23(11-9-20)18-2-1-3-18;/h4-7,18,20,22H,1-3,8-16H2;1H. The van der Waals surface area contributed by atoms with Crippen LogP contribution in [0.3, 0.4) is 0 Å². The van der Waals surface area contributed by atoms with E-state index in [9.17, 15) is 4.79 Å². The lowest BCUT2D eigenvalue weighted by atomic mass is 9.90. The summed E-state index contributed by atoms with van der Waals surface area (Å²) in [4.78, 5) is 16.7. The van der Waals surface area contributed by atoms with Crippen LogP contribution in [-0.4, -0.2) is 73.8 Å². The van der Waals surface area contributed by atoms with Gasteiger partial charge in [-0.2, -0.15) is 0 Å². The molecule has 2 heterocycles. The van der Waals surface area contributed by atoms with Crippen molar-refractivity contribution in [2.75, 3.05) is 51.3 Å². The molecule has 0 aromatic heterocycles. The molecule has 1 aromatic rings. The summed E-state index contributed by atoms with van der Waals surface area (Å²) in [5.41, 5.74) is 0.948. The lowest BCUT2D eigenvalue weighted by Gasteiger charge is -2.41. The largest absolute Gasteiger partial charge is 0.490 e. The molecule has 3 aliphatic rings. The molecular weight excluding hydrogens is 378 g/mol. The summed E-state index contributed by atoms with van der Waals surface area (Å²) in [6, 6.07) is 8.83. The van der Waals surface area contributed by atoms with Gasteiger partial charge in [-0.05, 0) is 49.9 Å². The molecule has 156 valence electrons. The fourth-order valence-corrected chi connectivity index (χ4v) is 4.06. The predicted molar refractivity (Wildman–Crippen MR) is 112 cm³/mol.